The highest BCUT2D eigenvalue weighted by Crippen LogP contribution is 2.20. The van der Waals surface area contributed by atoms with Crippen LogP contribution in [0.3, 0.4) is 0 Å². The van der Waals surface area contributed by atoms with Crippen molar-refractivity contribution in [3.05, 3.63) is 30.1 Å². The molecule has 1 aromatic heterocycles. The van der Waals surface area contributed by atoms with Crippen molar-refractivity contribution in [1.82, 2.24) is 9.97 Å². The van der Waals surface area contributed by atoms with Crippen molar-refractivity contribution < 1.29 is 15.0 Å². The molecule has 0 fully saturated rings. The zero-order valence-electron chi connectivity index (χ0n) is 10.2. The van der Waals surface area contributed by atoms with E-state index >= 15 is 0 Å². The Kier molecular flexibility index (Phi) is 5.02. The fourth-order valence-corrected chi connectivity index (χ4v) is 1.58. The molecule has 0 aliphatic heterocycles. The molecule has 2 aromatic rings. The Morgan fingerprint density at radius 1 is 1.42 bits per heavy atom. The van der Waals surface area contributed by atoms with Crippen LogP contribution in [0.25, 0.3) is 10.9 Å². The van der Waals surface area contributed by atoms with Gasteiger partial charge in [-0.1, -0.05) is 0 Å². The van der Waals surface area contributed by atoms with E-state index in [0.29, 0.717) is 17.9 Å². The first kappa shape index (κ1) is 15.1. The highest BCUT2D eigenvalue weighted by molar-refractivity contribution is 5.96. The molecule has 0 aliphatic carbocycles. The number of anilines is 1. The Balaban J connectivity index is 0.00000180. The van der Waals surface area contributed by atoms with E-state index in [1.807, 2.05) is 0 Å². The number of halogens is 1. The summed E-state index contributed by atoms with van der Waals surface area (Å²) in [5.41, 5.74) is 0.737. The molecule has 1 aromatic carbocycles. The van der Waals surface area contributed by atoms with Crippen molar-refractivity contribution >= 4 is 35.1 Å². The van der Waals surface area contributed by atoms with Gasteiger partial charge in [0, 0.05) is 11.9 Å². The molecule has 102 valence electrons. The zero-order valence-corrected chi connectivity index (χ0v) is 11.0. The van der Waals surface area contributed by atoms with Crippen LogP contribution >= 0.6 is 12.4 Å². The number of aliphatic hydroxyl groups excluding tert-OH is 1. The van der Waals surface area contributed by atoms with Crippen LogP contribution in [0.15, 0.2) is 24.5 Å². The first-order valence-electron chi connectivity index (χ1n) is 5.48. The summed E-state index contributed by atoms with van der Waals surface area (Å²) < 4.78 is 0. The topological polar surface area (TPSA) is 95.3 Å². The SMILES string of the molecule is CC(O)CNc1ncnc2cc(C(=O)O)ccc12.Cl. The minimum atomic E-state index is -0.992. The third kappa shape index (κ3) is 3.52. The van der Waals surface area contributed by atoms with E-state index in [-0.39, 0.29) is 18.0 Å². The standard InChI is InChI=1S/C12H13N3O3.ClH/c1-7(16)5-13-11-9-3-2-8(12(17)18)4-10(9)14-6-15-11;/h2-4,6-7,16H,5H2,1H3,(H,17,18)(H,13,14,15);1H. The molecule has 19 heavy (non-hydrogen) atoms. The molecule has 0 saturated carbocycles. The molecule has 0 spiro atoms. The third-order valence-corrected chi connectivity index (χ3v) is 2.45. The lowest BCUT2D eigenvalue weighted by molar-refractivity contribution is 0.0697. The first-order chi connectivity index (χ1) is 8.58. The molecule has 7 heteroatoms. The van der Waals surface area contributed by atoms with Crippen LogP contribution in [0.1, 0.15) is 17.3 Å². The predicted molar refractivity (Wildman–Crippen MR) is 73.9 cm³/mol. The second kappa shape index (κ2) is 6.31. The highest BCUT2D eigenvalue weighted by Gasteiger charge is 2.08. The third-order valence-electron chi connectivity index (χ3n) is 2.45. The number of aliphatic hydroxyl groups is 1. The molecule has 0 radical (unpaired) electrons. The summed E-state index contributed by atoms with van der Waals surface area (Å²) >= 11 is 0. The number of nitrogens with zero attached hydrogens (tertiary/aromatic N) is 2. The Morgan fingerprint density at radius 3 is 2.79 bits per heavy atom. The fraction of sp³-hybridized carbons (Fsp3) is 0.250. The van der Waals surface area contributed by atoms with E-state index in [2.05, 4.69) is 15.3 Å². The summed E-state index contributed by atoms with van der Waals surface area (Å²) in [4.78, 5) is 19.0. The quantitative estimate of drug-likeness (QED) is 0.788. The van der Waals surface area contributed by atoms with Crippen LogP contribution in [0.2, 0.25) is 0 Å². The number of carbonyl (C=O) groups is 1. The molecule has 0 bridgehead atoms. The first-order valence-corrected chi connectivity index (χ1v) is 5.48. The summed E-state index contributed by atoms with van der Waals surface area (Å²) in [6.45, 7) is 2.03. The number of carboxylic acids is 1. The van der Waals surface area contributed by atoms with E-state index in [1.165, 1.54) is 18.5 Å². The molecule has 1 atom stereocenters. The minimum absolute atomic E-state index is 0. The largest absolute Gasteiger partial charge is 0.478 e. The zero-order chi connectivity index (χ0) is 13.1. The van der Waals surface area contributed by atoms with E-state index in [9.17, 15) is 9.90 Å². The van der Waals surface area contributed by atoms with Gasteiger partial charge in [-0.15, -0.1) is 12.4 Å². The van der Waals surface area contributed by atoms with Gasteiger partial charge in [0.25, 0.3) is 0 Å². The fourth-order valence-electron chi connectivity index (χ4n) is 1.58. The van der Waals surface area contributed by atoms with Gasteiger partial charge in [0.15, 0.2) is 0 Å². The summed E-state index contributed by atoms with van der Waals surface area (Å²) in [6, 6.07) is 4.65. The molecule has 0 aliphatic rings. The lowest BCUT2D eigenvalue weighted by atomic mass is 10.1. The van der Waals surface area contributed by atoms with Gasteiger partial charge in [-0.25, -0.2) is 14.8 Å². The van der Waals surface area contributed by atoms with E-state index in [0.717, 1.165) is 5.39 Å². The Labute approximate surface area is 115 Å². The number of benzene rings is 1. The van der Waals surface area contributed by atoms with Gasteiger partial charge in [0.2, 0.25) is 0 Å². The summed E-state index contributed by atoms with van der Waals surface area (Å²) in [6.07, 6.45) is 0.867. The van der Waals surface area contributed by atoms with E-state index < -0.39 is 12.1 Å². The number of nitrogens with one attached hydrogen (secondary N) is 1. The van der Waals surface area contributed by atoms with Gasteiger partial charge in [0.1, 0.15) is 12.1 Å². The Morgan fingerprint density at radius 2 is 2.16 bits per heavy atom. The van der Waals surface area contributed by atoms with Crippen molar-refractivity contribution in [1.29, 1.82) is 0 Å². The number of hydrogen-bond donors (Lipinski definition) is 3. The number of aromatic nitrogens is 2. The second-order valence-corrected chi connectivity index (χ2v) is 3.99. The number of hydrogen-bond acceptors (Lipinski definition) is 5. The molecular formula is C12H14ClN3O3. The van der Waals surface area contributed by atoms with Gasteiger partial charge in [-0.05, 0) is 25.1 Å². The van der Waals surface area contributed by atoms with Crippen molar-refractivity contribution in [2.24, 2.45) is 0 Å². The van der Waals surface area contributed by atoms with Crippen LogP contribution < -0.4 is 5.32 Å². The van der Waals surface area contributed by atoms with Gasteiger partial charge in [-0.3, -0.25) is 0 Å². The van der Waals surface area contributed by atoms with Crippen molar-refractivity contribution in [2.45, 2.75) is 13.0 Å². The molecular weight excluding hydrogens is 270 g/mol. The molecule has 0 amide bonds. The van der Waals surface area contributed by atoms with Crippen molar-refractivity contribution in [3.8, 4) is 0 Å². The highest BCUT2D eigenvalue weighted by atomic mass is 35.5. The van der Waals surface area contributed by atoms with Crippen molar-refractivity contribution in [3.63, 3.8) is 0 Å². The van der Waals surface area contributed by atoms with Gasteiger partial charge >= 0.3 is 5.97 Å². The van der Waals surface area contributed by atoms with Crippen LogP contribution in [0.5, 0.6) is 0 Å². The Hall–Kier alpha value is -1.92. The molecule has 3 N–H and O–H groups in total. The number of rotatable bonds is 4. The second-order valence-electron chi connectivity index (χ2n) is 3.99. The summed E-state index contributed by atoms with van der Waals surface area (Å²) in [5.74, 6) is -0.410. The van der Waals surface area contributed by atoms with Crippen LogP contribution in [-0.2, 0) is 0 Å². The van der Waals surface area contributed by atoms with Gasteiger partial charge in [0.05, 0.1) is 17.2 Å². The molecule has 1 heterocycles. The normalized spacial score (nSPS) is 11.7. The molecule has 2 rings (SSSR count). The summed E-state index contributed by atoms with van der Waals surface area (Å²) in [7, 11) is 0. The van der Waals surface area contributed by atoms with Gasteiger partial charge in [-0.2, -0.15) is 0 Å². The molecule has 0 saturated heterocycles. The minimum Gasteiger partial charge on any atom is -0.478 e. The smallest absolute Gasteiger partial charge is 0.335 e. The van der Waals surface area contributed by atoms with E-state index in [1.54, 1.807) is 13.0 Å². The lowest BCUT2D eigenvalue weighted by Gasteiger charge is -2.09. The number of carboxylic acid groups (broad SMARTS) is 1. The maximum Gasteiger partial charge on any atom is 0.335 e. The average molecular weight is 284 g/mol. The maximum absolute atomic E-state index is 10.9. The van der Waals surface area contributed by atoms with E-state index in [4.69, 9.17) is 5.11 Å². The van der Waals surface area contributed by atoms with Crippen LogP contribution in [-0.4, -0.2) is 38.8 Å². The number of aromatic carboxylic acids is 1. The summed E-state index contributed by atoms with van der Waals surface area (Å²) in [5, 5.41) is 21.8. The Bertz CT molecular complexity index is 589. The monoisotopic (exact) mass is 283 g/mol. The van der Waals surface area contributed by atoms with Crippen LogP contribution in [0, 0.1) is 0 Å². The van der Waals surface area contributed by atoms with Crippen LogP contribution in [0.4, 0.5) is 5.82 Å². The number of fused-ring (bicyclic) bond motifs is 1. The predicted octanol–water partition coefficient (Wildman–Crippen LogP) is 1.54. The lowest BCUT2D eigenvalue weighted by Crippen LogP contribution is -2.16. The maximum atomic E-state index is 10.9. The average Bonchev–Trinajstić information content (AvgIpc) is 2.35. The van der Waals surface area contributed by atoms with Crippen molar-refractivity contribution in [2.75, 3.05) is 11.9 Å². The molecule has 1 unspecified atom stereocenters. The molecule has 6 nitrogen and oxygen atoms in total. The van der Waals surface area contributed by atoms with Gasteiger partial charge < -0.3 is 15.5 Å².